The Morgan fingerprint density at radius 2 is 2.22 bits per heavy atom. The summed E-state index contributed by atoms with van der Waals surface area (Å²) in [4.78, 5) is 12.9. The molecule has 0 aromatic carbocycles. The van der Waals surface area contributed by atoms with Crippen LogP contribution in [0.1, 0.15) is 7.43 Å². The summed E-state index contributed by atoms with van der Waals surface area (Å²) in [5.74, 6) is 0. The second-order valence-corrected chi connectivity index (χ2v) is 1.45. The zero-order valence-electron chi connectivity index (χ0n) is 4.22. The summed E-state index contributed by atoms with van der Waals surface area (Å²) < 4.78 is 0. The van der Waals surface area contributed by atoms with Crippen molar-refractivity contribution in [2.75, 3.05) is 5.73 Å². The van der Waals surface area contributed by atoms with Crippen LogP contribution in [-0.2, 0) is 0 Å². The van der Waals surface area contributed by atoms with Gasteiger partial charge in [-0.15, -0.1) is 0 Å². The SMILES string of the molecule is C.Nc1ccc[nH]c1=O. The van der Waals surface area contributed by atoms with Crippen LogP contribution in [0.5, 0.6) is 0 Å². The first-order valence-electron chi connectivity index (χ1n) is 2.24. The maximum absolute atomic E-state index is 10.4. The highest BCUT2D eigenvalue weighted by atomic mass is 16.1. The summed E-state index contributed by atoms with van der Waals surface area (Å²) in [6, 6.07) is 3.23. The van der Waals surface area contributed by atoms with Gasteiger partial charge in [-0.05, 0) is 12.1 Å². The molecule has 0 spiro atoms. The molecular formula is C6H10N2O. The summed E-state index contributed by atoms with van der Waals surface area (Å²) in [7, 11) is 0. The summed E-state index contributed by atoms with van der Waals surface area (Å²) >= 11 is 0. The molecule has 0 atom stereocenters. The Hall–Kier alpha value is -1.25. The minimum absolute atomic E-state index is 0. The minimum atomic E-state index is -0.229. The van der Waals surface area contributed by atoms with Gasteiger partial charge in [0.1, 0.15) is 0 Å². The Kier molecular flexibility index (Phi) is 2.51. The quantitative estimate of drug-likeness (QED) is 0.534. The fraction of sp³-hybridized carbons (Fsp3) is 0.167. The number of pyridine rings is 1. The highest BCUT2D eigenvalue weighted by Crippen LogP contribution is 1.84. The topological polar surface area (TPSA) is 58.9 Å². The van der Waals surface area contributed by atoms with Gasteiger partial charge in [-0.25, -0.2) is 0 Å². The number of H-pyrrole nitrogens is 1. The maximum Gasteiger partial charge on any atom is 0.271 e. The van der Waals surface area contributed by atoms with E-state index in [2.05, 4.69) is 4.98 Å². The van der Waals surface area contributed by atoms with E-state index < -0.39 is 0 Å². The Balaban J connectivity index is 0.000000640. The molecule has 0 saturated heterocycles. The molecule has 0 amide bonds. The molecule has 1 aromatic heterocycles. The van der Waals surface area contributed by atoms with Crippen LogP contribution in [0, 0.1) is 0 Å². The van der Waals surface area contributed by atoms with Crippen molar-refractivity contribution in [2.24, 2.45) is 0 Å². The lowest BCUT2D eigenvalue weighted by Crippen LogP contribution is -2.08. The first kappa shape index (κ1) is 7.75. The lowest BCUT2D eigenvalue weighted by Gasteiger charge is -1.84. The van der Waals surface area contributed by atoms with Crippen LogP contribution in [0.2, 0.25) is 0 Å². The first-order chi connectivity index (χ1) is 3.80. The van der Waals surface area contributed by atoms with E-state index in [-0.39, 0.29) is 18.7 Å². The maximum atomic E-state index is 10.4. The van der Waals surface area contributed by atoms with E-state index in [0.717, 1.165) is 0 Å². The van der Waals surface area contributed by atoms with Crippen molar-refractivity contribution >= 4 is 5.69 Å². The van der Waals surface area contributed by atoms with Gasteiger partial charge in [0, 0.05) is 6.20 Å². The number of nitrogens with one attached hydrogen (secondary N) is 1. The summed E-state index contributed by atoms with van der Waals surface area (Å²) in [6.07, 6.45) is 1.54. The molecule has 3 N–H and O–H groups in total. The number of nitrogens with two attached hydrogens (primary N) is 1. The molecule has 1 heterocycles. The lowest BCUT2D eigenvalue weighted by atomic mass is 10.4. The second-order valence-electron chi connectivity index (χ2n) is 1.45. The fourth-order valence-corrected chi connectivity index (χ4v) is 0.435. The van der Waals surface area contributed by atoms with Crippen molar-refractivity contribution in [3.05, 3.63) is 28.7 Å². The van der Waals surface area contributed by atoms with Gasteiger partial charge >= 0.3 is 0 Å². The fourth-order valence-electron chi connectivity index (χ4n) is 0.435. The third-order valence-electron chi connectivity index (χ3n) is 0.849. The Bertz CT molecular complexity index is 228. The van der Waals surface area contributed by atoms with E-state index in [0.29, 0.717) is 0 Å². The van der Waals surface area contributed by atoms with E-state index in [1.807, 2.05) is 0 Å². The summed E-state index contributed by atoms with van der Waals surface area (Å²) in [5, 5.41) is 0. The molecule has 0 fully saturated rings. The van der Waals surface area contributed by atoms with E-state index in [4.69, 9.17) is 5.73 Å². The molecule has 3 heteroatoms. The Labute approximate surface area is 53.5 Å². The van der Waals surface area contributed by atoms with Crippen LogP contribution in [0.4, 0.5) is 5.69 Å². The van der Waals surface area contributed by atoms with E-state index in [9.17, 15) is 4.79 Å². The van der Waals surface area contributed by atoms with E-state index >= 15 is 0 Å². The zero-order valence-corrected chi connectivity index (χ0v) is 4.22. The first-order valence-corrected chi connectivity index (χ1v) is 2.24. The molecule has 9 heavy (non-hydrogen) atoms. The number of hydrogen-bond acceptors (Lipinski definition) is 2. The van der Waals surface area contributed by atoms with Crippen LogP contribution >= 0.6 is 0 Å². The number of nitrogen functional groups attached to an aromatic ring is 1. The highest BCUT2D eigenvalue weighted by Gasteiger charge is 1.84. The lowest BCUT2D eigenvalue weighted by molar-refractivity contribution is 1.24. The zero-order chi connectivity index (χ0) is 5.98. The monoisotopic (exact) mass is 126 g/mol. The van der Waals surface area contributed by atoms with E-state index in [1.165, 1.54) is 0 Å². The van der Waals surface area contributed by atoms with Crippen molar-refractivity contribution in [3.63, 3.8) is 0 Å². The van der Waals surface area contributed by atoms with Crippen LogP contribution in [0.25, 0.3) is 0 Å². The van der Waals surface area contributed by atoms with Crippen LogP contribution in [0.3, 0.4) is 0 Å². The van der Waals surface area contributed by atoms with Gasteiger partial charge in [-0.2, -0.15) is 0 Å². The molecule has 0 aliphatic rings. The molecular weight excluding hydrogens is 116 g/mol. The predicted octanol–water partition coefficient (Wildman–Crippen LogP) is 0.593. The van der Waals surface area contributed by atoms with Crippen LogP contribution in [0.15, 0.2) is 23.1 Å². The van der Waals surface area contributed by atoms with Crippen molar-refractivity contribution in [1.29, 1.82) is 0 Å². The molecule has 1 aromatic rings. The Morgan fingerprint density at radius 3 is 2.56 bits per heavy atom. The van der Waals surface area contributed by atoms with Gasteiger partial charge in [0.15, 0.2) is 0 Å². The van der Waals surface area contributed by atoms with E-state index in [1.54, 1.807) is 18.3 Å². The normalized spacial score (nSPS) is 8.00. The average molecular weight is 126 g/mol. The standard InChI is InChI=1S/C5H6N2O.CH4/c6-4-2-1-3-7-5(4)8;/h1-3H,6H2,(H,7,8);1H4. The van der Waals surface area contributed by atoms with Gasteiger partial charge < -0.3 is 10.7 Å². The number of anilines is 1. The second kappa shape index (κ2) is 2.91. The smallest absolute Gasteiger partial charge is 0.271 e. The number of rotatable bonds is 0. The predicted molar refractivity (Wildman–Crippen MR) is 38.2 cm³/mol. The Morgan fingerprint density at radius 1 is 1.56 bits per heavy atom. The van der Waals surface area contributed by atoms with Gasteiger partial charge in [0.2, 0.25) is 0 Å². The van der Waals surface area contributed by atoms with Gasteiger partial charge in [0.25, 0.3) is 5.56 Å². The van der Waals surface area contributed by atoms with Gasteiger partial charge in [-0.3, -0.25) is 4.79 Å². The summed E-state index contributed by atoms with van der Waals surface area (Å²) in [6.45, 7) is 0. The van der Waals surface area contributed by atoms with Crippen molar-refractivity contribution < 1.29 is 0 Å². The average Bonchev–Trinajstić information content (AvgIpc) is 1.77. The molecule has 3 nitrogen and oxygen atoms in total. The molecule has 0 saturated carbocycles. The molecule has 0 unspecified atom stereocenters. The number of aromatic nitrogens is 1. The van der Waals surface area contributed by atoms with Crippen LogP contribution in [-0.4, -0.2) is 4.98 Å². The van der Waals surface area contributed by atoms with Crippen molar-refractivity contribution in [1.82, 2.24) is 4.98 Å². The molecule has 1 rings (SSSR count). The highest BCUT2D eigenvalue weighted by molar-refractivity contribution is 5.32. The molecule has 0 aliphatic carbocycles. The third kappa shape index (κ3) is 1.60. The minimum Gasteiger partial charge on any atom is -0.394 e. The third-order valence-corrected chi connectivity index (χ3v) is 0.849. The van der Waals surface area contributed by atoms with Crippen LogP contribution < -0.4 is 11.3 Å². The number of aromatic amines is 1. The molecule has 0 radical (unpaired) electrons. The van der Waals surface area contributed by atoms with Gasteiger partial charge in [-0.1, -0.05) is 7.43 Å². The molecule has 0 bridgehead atoms. The molecule has 50 valence electrons. The summed E-state index contributed by atoms with van der Waals surface area (Å²) in [5.41, 5.74) is 5.20. The largest absolute Gasteiger partial charge is 0.394 e. The number of hydrogen-bond donors (Lipinski definition) is 2. The van der Waals surface area contributed by atoms with Crippen molar-refractivity contribution in [2.45, 2.75) is 7.43 Å². The van der Waals surface area contributed by atoms with Crippen molar-refractivity contribution in [3.8, 4) is 0 Å². The van der Waals surface area contributed by atoms with Gasteiger partial charge in [0.05, 0.1) is 5.69 Å². The molecule has 0 aliphatic heterocycles.